The number of aliphatic carboxylic acids is 1. The monoisotopic (exact) mass is 513 g/mol. The summed E-state index contributed by atoms with van der Waals surface area (Å²) in [6.45, 7) is 10.6. The van der Waals surface area contributed by atoms with Crippen molar-refractivity contribution in [3.05, 3.63) is 59.7 Å². The number of esters is 1. The smallest absolute Gasteiger partial charge is 0.408 e. The number of carbonyl (C=O) groups is 3. The lowest BCUT2D eigenvalue weighted by atomic mass is 9.85. The molecule has 0 radical (unpaired) electrons. The molecule has 7 nitrogen and oxygen atoms in total. The summed E-state index contributed by atoms with van der Waals surface area (Å²) in [5.41, 5.74) is 2.95. The van der Waals surface area contributed by atoms with Crippen LogP contribution in [0.15, 0.2) is 48.5 Å². The van der Waals surface area contributed by atoms with Crippen molar-refractivity contribution in [2.24, 2.45) is 5.41 Å². The standard InChI is InChI=1S/C28H35NO6S/c1-17(36-24(25(31)32)28(5,6)15-23(30)35-27(2,3)4)29-26(33)34-16-22-20-13-9-7-11-18(20)19-12-8-10-14-21(19)22/h7-14,17,22,24H,15-16H2,1-6H3,(H,29,33)(H,31,32). The minimum absolute atomic E-state index is 0.0636. The molecule has 2 atom stereocenters. The van der Waals surface area contributed by atoms with Crippen LogP contribution in [0.4, 0.5) is 4.79 Å². The molecule has 0 aromatic heterocycles. The van der Waals surface area contributed by atoms with E-state index >= 15 is 0 Å². The second kappa shape index (κ2) is 10.9. The summed E-state index contributed by atoms with van der Waals surface area (Å²) < 4.78 is 10.9. The SMILES string of the molecule is CC(NC(=O)OCC1c2ccccc2-c2ccccc21)SC(C(=O)O)C(C)(C)CC(=O)OC(C)(C)C. The van der Waals surface area contributed by atoms with Crippen LogP contribution in [-0.2, 0) is 19.1 Å². The molecule has 0 aliphatic heterocycles. The van der Waals surface area contributed by atoms with E-state index in [1.165, 1.54) is 0 Å². The van der Waals surface area contributed by atoms with Crippen LogP contribution in [0.2, 0.25) is 0 Å². The van der Waals surface area contributed by atoms with Gasteiger partial charge in [-0.2, -0.15) is 0 Å². The van der Waals surface area contributed by atoms with E-state index in [-0.39, 0.29) is 18.9 Å². The van der Waals surface area contributed by atoms with Crippen molar-refractivity contribution in [3.63, 3.8) is 0 Å². The van der Waals surface area contributed by atoms with Crippen LogP contribution in [0, 0.1) is 5.41 Å². The van der Waals surface area contributed by atoms with Crippen molar-refractivity contribution >= 4 is 29.8 Å². The molecule has 0 saturated heterocycles. The molecule has 36 heavy (non-hydrogen) atoms. The van der Waals surface area contributed by atoms with E-state index in [9.17, 15) is 19.5 Å². The number of rotatable bonds is 9. The van der Waals surface area contributed by atoms with Crippen molar-refractivity contribution < 1.29 is 29.0 Å². The van der Waals surface area contributed by atoms with Crippen molar-refractivity contribution in [1.82, 2.24) is 5.32 Å². The Morgan fingerprint density at radius 1 is 0.972 bits per heavy atom. The number of fused-ring (bicyclic) bond motifs is 3. The van der Waals surface area contributed by atoms with Gasteiger partial charge in [-0.25, -0.2) is 4.79 Å². The van der Waals surface area contributed by atoms with E-state index in [0.29, 0.717) is 0 Å². The Labute approximate surface area is 217 Å². The van der Waals surface area contributed by atoms with Crippen molar-refractivity contribution in [2.75, 3.05) is 6.61 Å². The number of hydrogen-bond donors (Lipinski definition) is 2. The lowest BCUT2D eigenvalue weighted by molar-refractivity contribution is -0.157. The molecule has 0 fully saturated rings. The van der Waals surface area contributed by atoms with Crippen LogP contribution < -0.4 is 5.32 Å². The number of benzene rings is 2. The highest BCUT2D eigenvalue weighted by Gasteiger charge is 2.40. The van der Waals surface area contributed by atoms with E-state index in [0.717, 1.165) is 34.0 Å². The number of carbonyl (C=O) groups excluding carboxylic acids is 2. The Kier molecular flexibility index (Phi) is 8.39. The van der Waals surface area contributed by atoms with Crippen LogP contribution in [0.25, 0.3) is 11.1 Å². The van der Waals surface area contributed by atoms with Gasteiger partial charge < -0.3 is 19.9 Å². The second-order valence-corrected chi connectivity index (χ2v) is 12.2. The Morgan fingerprint density at radius 3 is 2.00 bits per heavy atom. The first-order chi connectivity index (χ1) is 16.8. The average Bonchev–Trinajstić information content (AvgIpc) is 3.08. The highest BCUT2D eigenvalue weighted by Crippen LogP contribution is 2.44. The molecule has 194 valence electrons. The van der Waals surface area contributed by atoms with Gasteiger partial charge in [-0.05, 0) is 55.4 Å². The molecule has 1 amide bonds. The Morgan fingerprint density at radius 2 is 1.50 bits per heavy atom. The van der Waals surface area contributed by atoms with Gasteiger partial charge >= 0.3 is 18.0 Å². The fourth-order valence-electron chi connectivity index (χ4n) is 4.46. The Balaban J connectivity index is 1.59. The zero-order valence-corrected chi connectivity index (χ0v) is 22.5. The first kappa shape index (κ1) is 27.6. The van der Waals surface area contributed by atoms with E-state index in [4.69, 9.17) is 9.47 Å². The van der Waals surface area contributed by atoms with Crippen LogP contribution in [0.3, 0.4) is 0 Å². The topological polar surface area (TPSA) is 102 Å². The summed E-state index contributed by atoms with van der Waals surface area (Å²) in [6, 6.07) is 16.2. The lowest BCUT2D eigenvalue weighted by Crippen LogP contribution is -2.41. The molecule has 1 aliphatic rings. The molecule has 3 rings (SSSR count). The van der Waals surface area contributed by atoms with Gasteiger partial charge in [0.15, 0.2) is 0 Å². The number of ether oxygens (including phenoxy) is 2. The zero-order valence-electron chi connectivity index (χ0n) is 21.7. The quantitative estimate of drug-likeness (QED) is 0.322. The van der Waals surface area contributed by atoms with Gasteiger partial charge in [-0.15, -0.1) is 11.8 Å². The predicted molar refractivity (Wildman–Crippen MR) is 141 cm³/mol. The first-order valence-corrected chi connectivity index (χ1v) is 12.9. The molecule has 2 aromatic carbocycles. The molecular formula is C28H35NO6S. The normalized spacial score (nSPS) is 14.8. The number of carboxylic acid groups (broad SMARTS) is 1. The van der Waals surface area contributed by atoms with Gasteiger partial charge in [0.05, 0.1) is 11.8 Å². The number of alkyl carbamates (subject to hydrolysis) is 1. The summed E-state index contributed by atoms with van der Waals surface area (Å²) in [4.78, 5) is 37.0. The third-order valence-electron chi connectivity index (χ3n) is 5.96. The Hall–Kier alpha value is -3.00. The highest BCUT2D eigenvalue weighted by atomic mass is 32.2. The molecule has 2 N–H and O–H groups in total. The average molecular weight is 514 g/mol. The van der Waals surface area contributed by atoms with Gasteiger partial charge in [-0.1, -0.05) is 62.4 Å². The number of amides is 1. The van der Waals surface area contributed by atoms with Crippen LogP contribution >= 0.6 is 11.8 Å². The van der Waals surface area contributed by atoms with Gasteiger partial charge in [0.2, 0.25) is 0 Å². The number of hydrogen-bond acceptors (Lipinski definition) is 6. The minimum atomic E-state index is -1.06. The maximum Gasteiger partial charge on any atom is 0.408 e. The van der Waals surface area contributed by atoms with Gasteiger partial charge in [-0.3, -0.25) is 9.59 Å². The Bertz CT molecular complexity index is 1080. The zero-order chi connectivity index (χ0) is 26.7. The van der Waals surface area contributed by atoms with Gasteiger partial charge in [0.1, 0.15) is 17.5 Å². The van der Waals surface area contributed by atoms with E-state index in [2.05, 4.69) is 17.4 Å². The summed E-state index contributed by atoms with van der Waals surface area (Å²) in [6.07, 6.45) is -0.683. The number of thioether (sulfide) groups is 1. The molecule has 8 heteroatoms. The van der Waals surface area contributed by atoms with Crippen LogP contribution in [-0.4, -0.2) is 46.0 Å². The molecule has 0 heterocycles. The highest BCUT2D eigenvalue weighted by molar-refractivity contribution is 8.01. The maximum atomic E-state index is 12.6. The van der Waals surface area contributed by atoms with E-state index in [1.807, 2.05) is 36.4 Å². The lowest BCUT2D eigenvalue weighted by Gasteiger charge is -2.33. The fourth-order valence-corrected chi connectivity index (χ4v) is 5.60. The third-order valence-corrected chi connectivity index (χ3v) is 7.60. The molecule has 0 spiro atoms. The third kappa shape index (κ3) is 6.81. The van der Waals surface area contributed by atoms with E-state index < -0.39 is 39.7 Å². The molecular weight excluding hydrogens is 478 g/mol. The maximum absolute atomic E-state index is 12.6. The van der Waals surface area contributed by atoms with Gasteiger partial charge in [0.25, 0.3) is 0 Å². The summed E-state index contributed by atoms with van der Waals surface area (Å²) in [5.74, 6) is -1.59. The van der Waals surface area contributed by atoms with Crippen molar-refractivity contribution in [2.45, 2.75) is 70.1 Å². The molecule has 2 unspecified atom stereocenters. The summed E-state index contributed by atoms with van der Waals surface area (Å²) in [7, 11) is 0. The minimum Gasteiger partial charge on any atom is -0.480 e. The first-order valence-electron chi connectivity index (χ1n) is 12.0. The number of nitrogens with one attached hydrogen (secondary N) is 1. The molecule has 2 aromatic rings. The van der Waals surface area contributed by atoms with Crippen molar-refractivity contribution in [1.29, 1.82) is 0 Å². The largest absolute Gasteiger partial charge is 0.480 e. The number of carboxylic acids is 1. The van der Waals surface area contributed by atoms with Crippen molar-refractivity contribution in [3.8, 4) is 11.1 Å². The molecule has 0 bridgehead atoms. The van der Waals surface area contributed by atoms with Gasteiger partial charge in [0, 0.05) is 5.92 Å². The fraction of sp³-hybridized carbons (Fsp3) is 0.464. The summed E-state index contributed by atoms with van der Waals surface area (Å²) >= 11 is 1.06. The second-order valence-electron chi connectivity index (χ2n) is 10.7. The molecule has 1 aliphatic carbocycles. The summed E-state index contributed by atoms with van der Waals surface area (Å²) in [5, 5.41) is 11.1. The van der Waals surface area contributed by atoms with Crippen LogP contribution in [0.5, 0.6) is 0 Å². The predicted octanol–water partition coefficient (Wildman–Crippen LogP) is 5.82. The van der Waals surface area contributed by atoms with Crippen LogP contribution in [0.1, 0.15) is 65.0 Å². The molecule has 0 saturated carbocycles. The van der Waals surface area contributed by atoms with E-state index in [1.54, 1.807) is 41.5 Å².